The van der Waals surface area contributed by atoms with Gasteiger partial charge in [0, 0.05) is 38.4 Å². The number of hydrogen-bond donors (Lipinski definition) is 1. The van der Waals surface area contributed by atoms with Gasteiger partial charge in [-0.05, 0) is 49.7 Å². The SMILES string of the molecule is CCCn1c(C(C)N2CCN(C(=O)Nc3ccc(C(F)(F)F)cc3)CC2)nc2ccccc2c1=O. The number of nitrogens with zero attached hydrogens (tertiary/aromatic N) is 4. The maximum atomic E-state index is 13.1. The summed E-state index contributed by atoms with van der Waals surface area (Å²) < 4.78 is 40.0. The summed E-state index contributed by atoms with van der Waals surface area (Å²) >= 11 is 0. The maximum absolute atomic E-state index is 13.1. The molecule has 3 aromatic rings. The number of para-hydroxylation sites is 1. The molecule has 4 rings (SSSR count). The van der Waals surface area contributed by atoms with E-state index < -0.39 is 11.7 Å². The van der Waals surface area contributed by atoms with Crippen molar-refractivity contribution in [2.45, 2.75) is 39.0 Å². The predicted molar refractivity (Wildman–Crippen MR) is 128 cm³/mol. The smallest absolute Gasteiger partial charge is 0.322 e. The lowest BCUT2D eigenvalue weighted by Crippen LogP contribution is -2.51. The molecule has 0 bridgehead atoms. The first-order valence-electron chi connectivity index (χ1n) is 11.7. The van der Waals surface area contributed by atoms with Gasteiger partial charge in [0.25, 0.3) is 5.56 Å². The van der Waals surface area contributed by atoms with Crippen LogP contribution in [0, 0.1) is 0 Å². The number of carbonyl (C=O) groups is 1. The van der Waals surface area contributed by atoms with Gasteiger partial charge >= 0.3 is 12.2 Å². The Morgan fingerprint density at radius 2 is 1.71 bits per heavy atom. The molecule has 1 fully saturated rings. The van der Waals surface area contributed by atoms with Crippen LogP contribution in [0.3, 0.4) is 0 Å². The molecule has 1 atom stereocenters. The second kappa shape index (κ2) is 10.1. The highest BCUT2D eigenvalue weighted by Gasteiger charge is 2.30. The molecule has 0 aliphatic carbocycles. The number of hydrogen-bond acceptors (Lipinski definition) is 4. The molecule has 1 aliphatic heterocycles. The van der Waals surface area contributed by atoms with Crippen LogP contribution >= 0.6 is 0 Å². The first kappa shape index (κ1) is 24.7. The molecule has 0 saturated carbocycles. The van der Waals surface area contributed by atoms with Crippen molar-refractivity contribution < 1.29 is 18.0 Å². The molecule has 10 heteroatoms. The molecule has 35 heavy (non-hydrogen) atoms. The van der Waals surface area contributed by atoms with E-state index in [0.717, 1.165) is 18.6 Å². The lowest BCUT2D eigenvalue weighted by atomic mass is 10.1. The van der Waals surface area contributed by atoms with Crippen LogP contribution in [0.2, 0.25) is 0 Å². The number of rotatable bonds is 5. The lowest BCUT2D eigenvalue weighted by molar-refractivity contribution is -0.137. The van der Waals surface area contributed by atoms with Crippen LogP contribution in [0.1, 0.15) is 37.7 Å². The molecule has 2 amide bonds. The van der Waals surface area contributed by atoms with Crippen molar-refractivity contribution in [2.24, 2.45) is 0 Å². The summed E-state index contributed by atoms with van der Waals surface area (Å²) in [6.07, 6.45) is -3.62. The van der Waals surface area contributed by atoms with E-state index in [1.54, 1.807) is 15.5 Å². The number of anilines is 1. The van der Waals surface area contributed by atoms with E-state index in [9.17, 15) is 22.8 Å². The normalized spacial score (nSPS) is 15.9. The number of benzene rings is 2. The van der Waals surface area contributed by atoms with Crippen molar-refractivity contribution in [1.82, 2.24) is 19.4 Å². The van der Waals surface area contributed by atoms with Gasteiger partial charge in [-0.2, -0.15) is 13.2 Å². The van der Waals surface area contributed by atoms with E-state index in [0.29, 0.717) is 55.1 Å². The minimum atomic E-state index is -4.42. The lowest BCUT2D eigenvalue weighted by Gasteiger charge is -2.38. The zero-order valence-electron chi connectivity index (χ0n) is 19.7. The van der Waals surface area contributed by atoms with E-state index in [1.807, 2.05) is 32.0 Å². The molecule has 0 radical (unpaired) electrons. The van der Waals surface area contributed by atoms with E-state index in [4.69, 9.17) is 4.98 Å². The molecule has 1 saturated heterocycles. The second-order valence-corrected chi connectivity index (χ2v) is 8.65. The summed E-state index contributed by atoms with van der Waals surface area (Å²) in [6.45, 7) is 6.66. The van der Waals surface area contributed by atoms with Gasteiger partial charge in [0.1, 0.15) is 5.82 Å². The molecule has 186 valence electrons. The average molecular weight is 488 g/mol. The number of amides is 2. The van der Waals surface area contributed by atoms with Crippen molar-refractivity contribution >= 4 is 22.6 Å². The third-order valence-electron chi connectivity index (χ3n) is 6.32. The van der Waals surface area contributed by atoms with Crippen molar-refractivity contribution in [1.29, 1.82) is 0 Å². The molecule has 1 unspecified atom stereocenters. The van der Waals surface area contributed by atoms with Crippen LogP contribution in [-0.2, 0) is 12.7 Å². The Hall–Kier alpha value is -3.40. The standard InChI is InChI=1S/C25H28F3N5O2/c1-3-12-33-22(30-21-7-5-4-6-20(21)23(33)34)17(2)31-13-15-32(16-14-31)24(35)29-19-10-8-18(9-11-19)25(26,27)28/h4-11,17H,3,12-16H2,1-2H3,(H,29,35). The van der Waals surface area contributed by atoms with Crippen molar-refractivity contribution in [2.75, 3.05) is 31.5 Å². The van der Waals surface area contributed by atoms with Crippen LogP contribution < -0.4 is 10.9 Å². The van der Waals surface area contributed by atoms with E-state index in [1.165, 1.54) is 12.1 Å². The number of alkyl halides is 3. The molecule has 2 aromatic carbocycles. The highest BCUT2D eigenvalue weighted by Crippen LogP contribution is 2.30. The Balaban J connectivity index is 1.43. The first-order chi connectivity index (χ1) is 16.7. The van der Waals surface area contributed by atoms with Gasteiger partial charge in [-0.1, -0.05) is 19.1 Å². The quantitative estimate of drug-likeness (QED) is 0.565. The van der Waals surface area contributed by atoms with Gasteiger partial charge in [0.2, 0.25) is 0 Å². The van der Waals surface area contributed by atoms with Crippen LogP contribution in [0.4, 0.5) is 23.7 Å². The summed E-state index contributed by atoms with van der Waals surface area (Å²) in [6, 6.07) is 11.2. The van der Waals surface area contributed by atoms with Gasteiger partial charge < -0.3 is 10.2 Å². The minimum absolute atomic E-state index is 0.0474. The van der Waals surface area contributed by atoms with Gasteiger partial charge in [-0.3, -0.25) is 14.3 Å². The van der Waals surface area contributed by atoms with Crippen LogP contribution in [0.5, 0.6) is 0 Å². The molecule has 1 aliphatic rings. The molecule has 0 spiro atoms. The van der Waals surface area contributed by atoms with Gasteiger partial charge in [-0.25, -0.2) is 9.78 Å². The summed E-state index contributed by atoms with van der Waals surface area (Å²) in [5.74, 6) is 0.707. The van der Waals surface area contributed by atoms with Crippen molar-refractivity contribution in [3.05, 3.63) is 70.3 Å². The van der Waals surface area contributed by atoms with Gasteiger partial charge in [-0.15, -0.1) is 0 Å². The number of aromatic nitrogens is 2. The summed E-state index contributed by atoms with van der Waals surface area (Å²) in [4.78, 5) is 34.4. The Morgan fingerprint density at radius 1 is 1.06 bits per heavy atom. The Bertz CT molecular complexity index is 1250. The predicted octanol–water partition coefficient (Wildman–Crippen LogP) is 4.74. The Morgan fingerprint density at radius 3 is 2.34 bits per heavy atom. The molecule has 1 aromatic heterocycles. The monoisotopic (exact) mass is 487 g/mol. The zero-order valence-corrected chi connectivity index (χ0v) is 19.7. The number of halogens is 3. The van der Waals surface area contributed by atoms with Gasteiger partial charge in [0.15, 0.2) is 0 Å². The summed E-state index contributed by atoms with van der Waals surface area (Å²) in [5.41, 5.74) is 0.166. The number of carbonyl (C=O) groups excluding carboxylic acids is 1. The molecule has 7 nitrogen and oxygen atoms in total. The highest BCUT2D eigenvalue weighted by molar-refractivity contribution is 5.89. The number of piperazine rings is 1. The number of fused-ring (bicyclic) bond motifs is 1. The summed E-state index contributed by atoms with van der Waals surface area (Å²) in [5, 5.41) is 3.26. The highest BCUT2D eigenvalue weighted by atomic mass is 19.4. The van der Waals surface area contributed by atoms with E-state index >= 15 is 0 Å². The molecule has 2 heterocycles. The fourth-order valence-corrected chi connectivity index (χ4v) is 4.36. The average Bonchev–Trinajstić information content (AvgIpc) is 2.85. The minimum Gasteiger partial charge on any atom is -0.322 e. The third kappa shape index (κ3) is 5.32. The fraction of sp³-hybridized carbons (Fsp3) is 0.400. The topological polar surface area (TPSA) is 70.5 Å². The van der Waals surface area contributed by atoms with Gasteiger partial charge in [0.05, 0.1) is 22.5 Å². The first-order valence-corrected chi connectivity index (χ1v) is 11.7. The van der Waals surface area contributed by atoms with Crippen LogP contribution in [0.25, 0.3) is 10.9 Å². The molecular formula is C25H28F3N5O2. The molecule has 1 N–H and O–H groups in total. The third-order valence-corrected chi connectivity index (χ3v) is 6.32. The van der Waals surface area contributed by atoms with Crippen LogP contribution in [-0.4, -0.2) is 51.6 Å². The van der Waals surface area contributed by atoms with Crippen molar-refractivity contribution in [3.8, 4) is 0 Å². The zero-order chi connectivity index (χ0) is 25.2. The fourth-order valence-electron chi connectivity index (χ4n) is 4.36. The van der Waals surface area contributed by atoms with E-state index in [-0.39, 0.29) is 17.6 Å². The van der Waals surface area contributed by atoms with Crippen LogP contribution in [0.15, 0.2) is 53.3 Å². The largest absolute Gasteiger partial charge is 0.416 e. The second-order valence-electron chi connectivity index (χ2n) is 8.65. The maximum Gasteiger partial charge on any atom is 0.416 e. The van der Waals surface area contributed by atoms with Crippen molar-refractivity contribution in [3.63, 3.8) is 0 Å². The number of urea groups is 1. The summed E-state index contributed by atoms with van der Waals surface area (Å²) in [7, 11) is 0. The number of nitrogens with one attached hydrogen (secondary N) is 1. The molecular weight excluding hydrogens is 459 g/mol. The Kier molecular flexibility index (Phi) is 7.11. The Labute approximate surface area is 201 Å². The van der Waals surface area contributed by atoms with E-state index in [2.05, 4.69) is 10.2 Å².